The first-order valence-corrected chi connectivity index (χ1v) is 10.5. The van der Waals surface area contributed by atoms with Crippen LogP contribution < -0.4 is 10.7 Å². The second-order valence-corrected chi connectivity index (χ2v) is 8.17. The number of hydrogen-bond acceptors (Lipinski definition) is 4. The molecule has 6 nitrogen and oxygen atoms in total. The molecule has 32 heavy (non-hydrogen) atoms. The molecule has 0 aliphatic heterocycles. The minimum absolute atomic E-state index is 0.0347. The van der Waals surface area contributed by atoms with Gasteiger partial charge >= 0.3 is 0 Å². The fourth-order valence-electron chi connectivity index (χ4n) is 3.40. The summed E-state index contributed by atoms with van der Waals surface area (Å²) in [5.74, 6) is -1.55. The van der Waals surface area contributed by atoms with Gasteiger partial charge in [-0.1, -0.05) is 27.6 Å². The molecule has 0 fully saturated rings. The van der Waals surface area contributed by atoms with E-state index in [1.807, 2.05) is 13.0 Å². The van der Waals surface area contributed by atoms with Crippen LogP contribution in [-0.2, 0) is 11.3 Å². The van der Waals surface area contributed by atoms with E-state index >= 15 is 0 Å². The molecule has 2 heterocycles. The van der Waals surface area contributed by atoms with E-state index in [1.54, 1.807) is 18.2 Å². The van der Waals surface area contributed by atoms with E-state index in [-0.39, 0.29) is 17.8 Å². The Kier molecular flexibility index (Phi) is 5.96. The summed E-state index contributed by atoms with van der Waals surface area (Å²) in [7, 11) is 0. The maximum Gasteiger partial charge on any atom is 0.244 e. The van der Waals surface area contributed by atoms with Gasteiger partial charge in [0.05, 0.1) is 16.8 Å². The van der Waals surface area contributed by atoms with E-state index in [1.165, 1.54) is 47.4 Å². The standard InChI is InChI=1S/C24H17BrFN3O3/c1-14-2-5-21-17(10-14)24(32)18(23(31)15-6-8-27-9-7-15)12-29(21)13-22(30)28-20-4-3-16(25)11-19(20)26/h2-12H,13H2,1H3,(H,28,30). The number of anilines is 1. The molecule has 0 bridgehead atoms. The zero-order valence-electron chi connectivity index (χ0n) is 16.9. The third kappa shape index (κ3) is 4.36. The Bertz CT molecular complexity index is 1420. The Labute approximate surface area is 190 Å². The molecule has 2 aromatic heterocycles. The summed E-state index contributed by atoms with van der Waals surface area (Å²) in [6, 6.07) is 12.6. The molecule has 0 saturated heterocycles. The van der Waals surface area contributed by atoms with Crippen molar-refractivity contribution in [2.75, 3.05) is 5.32 Å². The summed E-state index contributed by atoms with van der Waals surface area (Å²) < 4.78 is 16.2. The highest BCUT2D eigenvalue weighted by molar-refractivity contribution is 9.10. The molecule has 0 atom stereocenters. The van der Waals surface area contributed by atoms with Crippen molar-refractivity contribution in [3.8, 4) is 0 Å². The number of aryl methyl sites for hydroxylation is 1. The van der Waals surface area contributed by atoms with Crippen LogP contribution in [0.4, 0.5) is 10.1 Å². The monoisotopic (exact) mass is 493 g/mol. The van der Waals surface area contributed by atoms with Crippen molar-refractivity contribution < 1.29 is 14.0 Å². The Balaban J connectivity index is 1.76. The normalized spacial score (nSPS) is 10.8. The number of ketones is 1. The minimum Gasteiger partial charge on any atom is -0.337 e. The van der Waals surface area contributed by atoms with Gasteiger partial charge in [-0.15, -0.1) is 0 Å². The van der Waals surface area contributed by atoms with Gasteiger partial charge in [-0.25, -0.2) is 4.39 Å². The molecule has 0 saturated carbocycles. The van der Waals surface area contributed by atoms with Crippen molar-refractivity contribution in [2.24, 2.45) is 0 Å². The van der Waals surface area contributed by atoms with Gasteiger partial charge in [0, 0.05) is 34.0 Å². The predicted molar refractivity (Wildman–Crippen MR) is 123 cm³/mol. The van der Waals surface area contributed by atoms with Gasteiger partial charge < -0.3 is 9.88 Å². The second kappa shape index (κ2) is 8.84. The van der Waals surface area contributed by atoms with E-state index in [0.717, 1.165) is 5.56 Å². The third-order valence-electron chi connectivity index (χ3n) is 4.94. The largest absolute Gasteiger partial charge is 0.337 e. The summed E-state index contributed by atoms with van der Waals surface area (Å²) in [6.45, 7) is 1.62. The Hall–Kier alpha value is -3.65. The van der Waals surface area contributed by atoms with Crippen LogP contribution in [0, 0.1) is 12.7 Å². The summed E-state index contributed by atoms with van der Waals surface area (Å²) in [6.07, 6.45) is 4.31. The van der Waals surface area contributed by atoms with Gasteiger partial charge in [0.1, 0.15) is 12.4 Å². The third-order valence-corrected chi connectivity index (χ3v) is 5.44. The van der Waals surface area contributed by atoms with Gasteiger partial charge in [-0.05, 0) is 49.4 Å². The van der Waals surface area contributed by atoms with E-state index in [9.17, 15) is 18.8 Å². The summed E-state index contributed by atoms with van der Waals surface area (Å²) in [5, 5.41) is 2.86. The molecule has 0 aliphatic carbocycles. The Morgan fingerprint density at radius 3 is 2.56 bits per heavy atom. The first-order chi connectivity index (χ1) is 15.3. The van der Waals surface area contributed by atoms with E-state index in [0.29, 0.717) is 20.9 Å². The average molecular weight is 494 g/mol. The molecule has 0 radical (unpaired) electrons. The van der Waals surface area contributed by atoms with Crippen LogP contribution in [0.25, 0.3) is 10.9 Å². The lowest BCUT2D eigenvalue weighted by molar-refractivity contribution is -0.116. The summed E-state index contributed by atoms with van der Waals surface area (Å²) in [4.78, 5) is 42.7. The highest BCUT2D eigenvalue weighted by atomic mass is 79.9. The van der Waals surface area contributed by atoms with Crippen molar-refractivity contribution in [2.45, 2.75) is 13.5 Å². The maximum absolute atomic E-state index is 14.1. The lowest BCUT2D eigenvalue weighted by Crippen LogP contribution is -2.24. The molecular formula is C24H17BrFN3O3. The van der Waals surface area contributed by atoms with Gasteiger partial charge in [-0.3, -0.25) is 19.4 Å². The number of amides is 1. The number of benzene rings is 2. The molecule has 1 amide bonds. The second-order valence-electron chi connectivity index (χ2n) is 7.26. The van der Waals surface area contributed by atoms with Crippen molar-refractivity contribution in [3.05, 3.63) is 104 Å². The van der Waals surface area contributed by atoms with Crippen LogP contribution >= 0.6 is 15.9 Å². The van der Waals surface area contributed by atoms with Crippen LogP contribution in [0.1, 0.15) is 21.5 Å². The fraction of sp³-hybridized carbons (Fsp3) is 0.0833. The average Bonchev–Trinajstić information content (AvgIpc) is 2.78. The first kappa shape index (κ1) is 21.6. The number of nitrogens with zero attached hydrogens (tertiary/aromatic N) is 2. The lowest BCUT2D eigenvalue weighted by atomic mass is 10.0. The van der Waals surface area contributed by atoms with E-state index in [2.05, 4.69) is 26.2 Å². The van der Waals surface area contributed by atoms with Crippen LogP contribution in [0.3, 0.4) is 0 Å². The van der Waals surface area contributed by atoms with Crippen LogP contribution in [-0.4, -0.2) is 21.2 Å². The Morgan fingerprint density at radius 1 is 1.09 bits per heavy atom. The molecule has 8 heteroatoms. The number of hydrogen-bond donors (Lipinski definition) is 1. The minimum atomic E-state index is -0.582. The molecule has 1 N–H and O–H groups in total. The number of rotatable bonds is 5. The van der Waals surface area contributed by atoms with Crippen LogP contribution in [0.15, 0.2) is 76.4 Å². The van der Waals surface area contributed by atoms with E-state index in [4.69, 9.17) is 0 Å². The molecule has 0 aliphatic rings. The summed E-state index contributed by atoms with van der Waals surface area (Å²) in [5.41, 5.74) is 1.22. The van der Waals surface area contributed by atoms with Crippen molar-refractivity contribution in [1.82, 2.24) is 9.55 Å². The van der Waals surface area contributed by atoms with Crippen molar-refractivity contribution in [3.63, 3.8) is 0 Å². The predicted octanol–water partition coefficient (Wildman–Crippen LogP) is 4.48. The van der Waals surface area contributed by atoms with Crippen molar-refractivity contribution in [1.29, 1.82) is 0 Å². The molecular weight excluding hydrogens is 477 g/mol. The highest BCUT2D eigenvalue weighted by Gasteiger charge is 2.18. The highest BCUT2D eigenvalue weighted by Crippen LogP contribution is 2.20. The van der Waals surface area contributed by atoms with Gasteiger partial charge in [-0.2, -0.15) is 0 Å². The van der Waals surface area contributed by atoms with Gasteiger partial charge in [0.2, 0.25) is 11.3 Å². The van der Waals surface area contributed by atoms with E-state index < -0.39 is 22.9 Å². The molecule has 4 aromatic rings. The number of fused-ring (bicyclic) bond motifs is 1. The molecule has 2 aromatic carbocycles. The first-order valence-electron chi connectivity index (χ1n) is 9.67. The zero-order chi connectivity index (χ0) is 22.8. The molecule has 4 rings (SSSR count). The Morgan fingerprint density at radius 2 is 1.84 bits per heavy atom. The fourth-order valence-corrected chi connectivity index (χ4v) is 3.73. The number of nitrogens with one attached hydrogen (secondary N) is 1. The number of halogens is 2. The number of carbonyl (C=O) groups excluding carboxylic acids is 2. The van der Waals surface area contributed by atoms with Crippen LogP contribution in [0.2, 0.25) is 0 Å². The summed E-state index contributed by atoms with van der Waals surface area (Å²) >= 11 is 3.17. The lowest BCUT2D eigenvalue weighted by Gasteiger charge is -2.14. The molecule has 160 valence electrons. The smallest absolute Gasteiger partial charge is 0.244 e. The van der Waals surface area contributed by atoms with Gasteiger partial charge in [0.25, 0.3) is 0 Å². The number of carbonyl (C=O) groups is 2. The van der Waals surface area contributed by atoms with Crippen LogP contribution in [0.5, 0.6) is 0 Å². The SMILES string of the molecule is Cc1ccc2c(c1)c(=O)c(C(=O)c1ccncc1)cn2CC(=O)Nc1ccc(Br)cc1F. The number of pyridine rings is 2. The van der Waals surface area contributed by atoms with Crippen molar-refractivity contribution >= 4 is 44.2 Å². The van der Waals surface area contributed by atoms with Gasteiger partial charge in [0.15, 0.2) is 5.78 Å². The maximum atomic E-state index is 14.1. The molecule has 0 spiro atoms. The zero-order valence-corrected chi connectivity index (χ0v) is 18.5. The topological polar surface area (TPSA) is 81.1 Å². The molecule has 0 unspecified atom stereocenters. The quantitative estimate of drug-likeness (QED) is 0.415. The number of aromatic nitrogens is 2.